The lowest BCUT2D eigenvalue weighted by molar-refractivity contribution is 0.0856. The second-order valence-electron chi connectivity index (χ2n) is 6.77. The number of benzene rings is 2. The normalized spacial score (nSPS) is 18.4. The molecule has 0 bridgehead atoms. The molecule has 1 atom stereocenters. The molecule has 144 valence electrons. The molecule has 4 nitrogen and oxygen atoms in total. The van der Waals surface area contributed by atoms with Crippen molar-refractivity contribution in [2.45, 2.75) is 44.6 Å². The van der Waals surface area contributed by atoms with Crippen LogP contribution in [-0.2, 0) is 25.5 Å². The van der Waals surface area contributed by atoms with Gasteiger partial charge < -0.3 is 4.74 Å². The largest absolute Gasteiger partial charge is 0.374 e. The van der Waals surface area contributed by atoms with Crippen LogP contribution in [0.25, 0.3) is 5.57 Å². The van der Waals surface area contributed by atoms with Gasteiger partial charge in [0.05, 0.1) is 24.2 Å². The molecule has 0 spiro atoms. The predicted molar refractivity (Wildman–Crippen MR) is 107 cm³/mol. The van der Waals surface area contributed by atoms with Gasteiger partial charge in [-0.05, 0) is 68.0 Å². The molecule has 2 aliphatic rings. The fraction of sp³-hybridized carbons (Fsp3) is 0.364. The lowest BCUT2D eigenvalue weighted by Crippen LogP contribution is -2.18. The molecule has 1 aliphatic heterocycles. The predicted octanol–water partition coefficient (Wildman–Crippen LogP) is 4.53. The topological polar surface area (TPSA) is 52.6 Å². The molecule has 4 rings (SSSR count). The summed E-state index contributed by atoms with van der Waals surface area (Å²) in [7, 11) is -3.53. The van der Waals surface area contributed by atoms with E-state index in [4.69, 9.17) is 4.74 Å². The fourth-order valence-electron chi connectivity index (χ4n) is 3.50. The first-order valence-corrected chi connectivity index (χ1v) is 10.7. The first kappa shape index (κ1) is 19.8. The van der Waals surface area contributed by atoms with Gasteiger partial charge in [-0.25, -0.2) is 0 Å². The lowest BCUT2D eigenvalue weighted by atomic mass is 9.99. The molecule has 1 unspecified atom stereocenters. The molecule has 0 saturated carbocycles. The average molecular weight is 387 g/mol. The minimum atomic E-state index is -3.53. The third kappa shape index (κ3) is 4.49. The highest BCUT2D eigenvalue weighted by atomic mass is 32.2. The van der Waals surface area contributed by atoms with Crippen LogP contribution < -0.4 is 0 Å². The van der Waals surface area contributed by atoms with Crippen LogP contribution in [0.2, 0.25) is 0 Å². The Bertz CT molecular complexity index is 927. The molecular weight excluding hydrogens is 360 g/mol. The van der Waals surface area contributed by atoms with Crippen molar-refractivity contribution in [3.05, 3.63) is 70.8 Å². The molecule has 1 aliphatic carbocycles. The zero-order valence-corrected chi connectivity index (χ0v) is 16.9. The van der Waals surface area contributed by atoms with Crippen LogP contribution in [0.15, 0.2) is 59.0 Å². The number of hydrogen-bond acceptors (Lipinski definition) is 4. The van der Waals surface area contributed by atoms with E-state index in [0.717, 1.165) is 25.0 Å². The molecule has 0 N–H and O–H groups in total. The maximum Gasteiger partial charge on any atom is 0.296 e. The Kier molecular flexibility index (Phi) is 6.15. The van der Waals surface area contributed by atoms with Gasteiger partial charge in [0, 0.05) is 0 Å². The van der Waals surface area contributed by atoms with Gasteiger partial charge in [-0.15, -0.1) is 0 Å². The molecule has 0 radical (unpaired) electrons. The molecule has 0 aromatic heterocycles. The van der Waals surface area contributed by atoms with Crippen molar-refractivity contribution in [3.8, 4) is 0 Å². The summed E-state index contributed by atoms with van der Waals surface area (Å²) in [6.07, 6.45) is 2.52. The number of rotatable bonds is 3. The summed E-state index contributed by atoms with van der Waals surface area (Å²) in [6, 6.07) is 15.3. The standard InChI is InChI=1S/C13H14O.C9H12O3S/c1-9-13-8-10-4-2-3-5-11(10)12(13)6-7-14-9;1-3-12-13(10,11)9-6-4-8(2)5-7-9/h2-5,9H,6-8H2,1H3;4-7H,3H2,1-2H3. The van der Waals surface area contributed by atoms with Crippen molar-refractivity contribution in [2.75, 3.05) is 13.2 Å². The number of hydrogen-bond donors (Lipinski definition) is 0. The van der Waals surface area contributed by atoms with Crippen LogP contribution in [0.4, 0.5) is 0 Å². The number of fused-ring (bicyclic) bond motifs is 2. The smallest absolute Gasteiger partial charge is 0.296 e. The molecule has 0 saturated heterocycles. The highest BCUT2D eigenvalue weighted by Gasteiger charge is 2.27. The minimum absolute atomic E-state index is 0.163. The highest BCUT2D eigenvalue weighted by Crippen LogP contribution is 2.39. The second kappa shape index (κ2) is 8.38. The van der Waals surface area contributed by atoms with Crippen LogP contribution in [0.5, 0.6) is 0 Å². The fourth-order valence-corrected chi connectivity index (χ4v) is 4.42. The summed E-state index contributed by atoms with van der Waals surface area (Å²) >= 11 is 0. The molecule has 1 heterocycles. The van der Waals surface area contributed by atoms with Crippen molar-refractivity contribution in [1.29, 1.82) is 0 Å². The molecule has 5 heteroatoms. The SMILES string of the molecule is CC1OCCC2=C1Cc1ccccc12.CCOS(=O)(=O)c1ccc(C)cc1. The Balaban J connectivity index is 0.000000157. The van der Waals surface area contributed by atoms with Gasteiger partial charge in [0.1, 0.15) is 0 Å². The van der Waals surface area contributed by atoms with E-state index >= 15 is 0 Å². The zero-order chi connectivity index (χ0) is 19.4. The van der Waals surface area contributed by atoms with E-state index in [9.17, 15) is 8.42 Å². The van der Waals surface area contributed by atoms with Crippen LogP contribution in [-0.4, -0.2) is 27.7 Å². The quantitative estimate of drug-likeness (QED) is 0.728. The summed E-state index contributed by atoms with van der Waals surface area (Å²) in [5.74, 6) is 0. The third-order valence-electron chi connectivity index (χ3n) is 4.90. The van der Waals surface area contributed by atoms with Crippen molar-refractivity contribution in [3.63, 3.8) is 0 Å². The van der Waals surface area contributed by atoms with Crippen LogP contribution in [0, 0.1) is 6.92 Å². The molecule has 0 fully saturated rings. The molecule has 27 heavy (non-hydrogen) atoms. The highest BCUT2D eigenvalue weighted by molar-refractivity contribution is 7.86. The Morgan fingerprint density at radius 3 is 2.52 bits per heavy atom. The maximum atomic E-state index is 11.3. The Hall–Kier alpha value is -1.95. The van der Waals surface area contributed by atoms with Gasteiger partial charge >= 0.3 is 0 Å². The molecule has 0 amide bonds. The van der Waals surface area contributed by atoms with Crippen molar-refractivity contribution < 1.29 is 17.3 Å². The Morgan fingerprint density at radius 1 is 1.11 bits per heavy atom. The van der Waals surface area contributed by atoms with Crippen LogP contribution in [0.3, 0.4) is 0 Å². The lowest BCUT2D eigenvalue weighted by Gasteiger charge is -2.22. The van der Waals surface area contributed by atoms with Crippen molar-refractivity contribution >= 4 is 15.7 Å². The second-order valence-corrected chi connectivity index (χ2v) is 8.39. The molecule has 2 aromatic rings. The molecule has 2 aromatic carbocycles. The summed E-state index contributed by atoms with van der Waals surface area (Å²) < 4.78 is 32.9. The van der Waals surface area contributed by atoms with Gasteiger partial charge in [-0.2, -0.15) is 8.42 Å². The number of aryl methyl sites for hydroxylation is 1. The Morgan fingerprint density at radius 2 is 1.81 bits per heavy atom. The van der Waals surface area contributed by atoms with E-state index in [1.807, 2.05) is 6.92 Å². The third-order valence-corrected chi connectivity index (χ3v) is 6.30. The first-order chi connectivity index (χ1) is 12.9. The Labute approximate surface area is 162 Å². The van der Waals surface area contributed by atoms with Gasteiger partial charge in [-0.3, -0.25) is 4.18 Å². The number of ether oxygens (including phenoxy) is 1. The minimum Gasteiger partial charge on any atom is -0.374 e. The van der Waals surface area contributed by atoms with E-state index in [1.54, 1.807) is 36.8 Å². The van der Waals surface area contributed by atoms with Crippen LogP contribution >= 0.6 is 0 Å². The van der Waals surface area contributed by atoms with Gasteiger partial charge in [-0.1, -0.05) is 42.0 Å². The zero-order valence-electron chi connectivity index (χ0n) is 16.1. The monoisotopic (exact) mass is 386 g/mol. The molecular formula is C22H26O4S. The van der Waals surface area contributed by atoms with E-state index < -0.39 is 10.1 Å². The average Bonchev–Trinajstić information content (AvgIpc) is 3.03. The van der Waals surface area contributed by atoms with E-state index in [0.29, 0.717) is 6.10 Å². The van der Waals surface area contributed by atoms with Gasteiger partial charge in [0.25, 0.3) is 10.1 Å². The van der Waals surface area contributed by atoms with E-state index in [2.05, 4.69) is 35.4 Å². The summed E-state index contributed by atoms with van der Waals surface area (Å²) in [4.78, 5) is 0.208. The van der Waals surface area contributed by atoms with Crippen molar-refractivity contribution in [2.24, 2.45) is 0 Å². The van der Waals surface area contributed by atoms with Gasteiger partial charge in [0.2, 0.25) is 0 Å². The van der Waals surface area contributed by atoms with E-state index in [1.165, 1.54) is 16.7 Å². The van der Waals surface area contributed by atoms with E-state index in [-0.39, 0.29) is 11.5 Å². The van der Waals surface area contributed by atoms with Crippen molar-refractivity contribution in [1.82, 2.24) is 0 Å². The summed E-state index contributed by atoms with van der Waals surface area (Å²) in [6.45, 7) is 6.76. The van der Waals surface area contributed by atoms with Gasteiger partial charge in [0.15, 0.2) is 0 Å². The maximum absolute atomic E-state index is 11.3. The summed E-state index contributed by atoms with van der Waals surface area (Å²) in [5, 5.41) is 0. The first-order valence-electron chi connectivity index (χ1n) is 9.30. The van der Waals surface area contributed by atoms with Crippen LogP contribution in [0.1, 0.15) is 37.0 Å². The summed E-state index contributed by atoms with van der Waals surface area (Å²) in [5.41, 5.74) is 7.04.